The van der Waals surface area contributed by atoms with E-state index in [-0.39, 0.29) is 5.75 Å². The first kappa shape index (κ1) is 9.61. The number of hydrogen-bond acceptors (Lipinski definition) is 3. The van der Waals surface area contributed by atoms with E-state index in [1.807, 2.05) is 0 Å². The summed E-state index contributed by atoms with van der Waals surface area (Å²) < 4.78 is 5.01. The molecule has 0 spiro atoms. The Morgan fingerprint density at radius 1 is 1.62 bits per heavy atom. The summed E-state index contributed by atoms with van der Waals surface area (Å²) in [6.07, 6.45) is 0. The van der Waals surface area contributed by atoms with Crippen molar-refractivity contribution in [3.05, 3.63) is 30.3 Å². The Labute approximate surface area is 77.4 Å². The van der Waals surface area contributed by atoms with Crippen molar-refractivity contribution in [2.24, 2.45) is 5.73 Å². The monoisotopic (exact) mass is 179 g/mol. The van der Waals surface area contributed by atoms with Gasteiger partial charge in [0.15, 0.2) is 0 Å². The summed E-state index contributed by atoms with van der Waals surface area (Å²) in [5.74, 6) is 0.860. The highest BCUT2D eigenvalue weighted by molar-refractivity contribution is 5.70. The summed E-state index contributed by atoms with van der Waals surface area (Å²) in [4.78, 5) is 0. The van der Waals surface area contributed by atoms with E-state index in [1.54, 1.807) is 25.3 Å². The van der Waals surface area contributed by atoms with Crippen LogP contribution in [0.2, 0.25) is 0 Å². The number of rotatable bonds is 3. The van der Waals surface area contributed by atoms with Crippen LogP contribution >= 0.6 is 0 Å². The second-order valence-corrected chi connectivity index (χ2v) is 2.69. The van der Waals surface area contributed by atoms with Crippen molar-refractivity contribution in [1.82, 2.24) is 0 Å². The maximum absolute atomic E-state index is 9.46. The molecular formula is C10H13NO2. The van der Waals surface area contributed by atoms with Crippen molar-refractivity contribution in [2.45, 2.75) is 0 Å². The number of hydrogen-bond donors (Lipinski definition) is 2. The number of phenols is 1. The van der Waals surface area contributed by atoms with Crippen LogP contribution in [0, 0.1) is 0 Å². The van der Waals surface area contributed by atoms with Gasteiger partial charge in [-0.3, -0.25) is 0 Å². The first-order valence-electron chi connectivity index (χ1n) is 3.94. The molecule has 3 N–H and O–H groups in total. The predicted molar refractivity (Wildman–Crippen MR) is 52.7 cm³/mol. The van der Waals surface area contributed by atoms with E-state index in [9.17, 15) is 5.11 Å². The van der Waals surface area contributed by atoms with Crippen LogP contribution in [0.1, 0.15) is 5.56 Å². The largest absolute Gasteiger partial charge is 0.507 e. The van der Waals surface area contributed by atoms with E-state index in [2.05, 4.69) is 6.58 Å². The van der Waals surface area contributed by atoms with Gasteiger partial charge >= 0.3 is 0 Å². The van der Waals surface area contributed by atoms with E-state index in [1.165, 1.54) is 0 Å². The van der Waals surface area contributed by atoms with E-state index in [0.29, 0.717) is 23.4 Å². The van der Waals surface area contributed by atoms with E-state index >= 15 is 0 Å². The molecule has 0 aliphatic heterocycles. The Kier molecular flexibility index (Phi) is 2.93. The number of phenolic OH excluding ortho intramolecular Hbond substituents is 1. The molecule has 0 saturated carbocycles. The molecule has 0 saturated heterocycles. The minimum absolute atomic E-state index is 0.177. The molecule has 1 aromatic carbocycles. The highest BCUT2D eigenvalue weighted by Crippen LogP contribution is 2.27. The fourth-order valence-electron chi connectivity index (χ4n) is 1.04. The molecule has 0 aliphatic carbocycles. The van der Waals surface area contributed by atoms with E-state index < -0.39 is 0 Å². The lowest BCUT2D eigenvalue weighted by Gasteiger charge is -2.07. The van der Waals surface area contributed by atoms with Crippen LogP contribution in [0.3, 0.4) is 0 Å². The van der Waals surface area contributed by atoms with Gasteiger partial charge in [0.2, 0.25) is 0 Å². The highest BCUT2D eigenvalue weighted by atomic mass is 16.5. The van der Waals surface area contributed by atoms with Crippen molar-refractivity contribution in [1.29, 1.82) is 0 Å². The van der Waals surface area contributed by atoms with Gasteiger partial charge in [-0.2, -0.15) is 0 Å². The molecule has 3 heteroatoms. The maximum Gasteiger partial charge on any atom is 0.123 e. The van der Waals surface area contributed by atoms with Gasteiger partial charge in [-0.05, 0) is 23.8 Å². The van der Waals surface area contributed by atoms with Gasteiger partial charge in [0.25, 0.3) is 0 Å². The van der Waals surface area contributed by atoms with E-state index in [4.69, 9.17) is 10.5 Å². The van der Waals surface area contributed by atoms with E-state index in [0.717, 1.165) is 0 Å². The van der Waals surface area contributed by atoms with Gasteiger partial charge < -0.3 is 15.6 Å². The zero-order chi connectivity index (χ0) is 9.84. The molecule has 0 bridgehead atoms. The topological polar surface area (TPSA) is 55.5 Å². The number of ether oxygens (including phenoxy) is 1. The summed E-state index contributed by atoms with van der Waals surface area (Å²) in [6, 6.07) is 4.96. The molecular weight excluding hydrogens is 166 g/mol. The quantitative estimate of drug-likeness (QED) is 0.736. The fraction of sp³-hybridized carbons (Fsp3) is 0.200. The van der Waals surface area contributed by atoms with Crippen molar-refractivity contribution >= 4 is 5.57 Å². The van der Waals surface area contributed by atoms with Crippen LogP contribution in [0.5, 0.6) is 11.5 Å². The Morgan fingerprint density at radius 3 is 2.85 bits per heavy atom. The van der Waals surface area contributed by atoms with Crippen LogP contribution in [0.4, 0.5) is 0 Å². The van der Waals surface area contributed by atoms with Gasteiger partial charge in [0.05, 0.1) is 7.11 Å². The summed E-state index contributed by atoms with van der Waals surface area (Å²) >= 11 is 0. The molecule has 3 nitrogen and oxygen atoms in total. The Hall–Kier alpha value is -1.48. The summed E-state index contributed by atoms with van der Waals surface area (Å²) in [6.45, 7) is 4.06. The Bertz CT molecular complexity index is 321. The predicted octanol–water partition coefficient (Wildman–Crippen LogP) is 1.37. The Balaban J connectivity index is 3.11. The lowest BCUT2D eigenvalue weighted by atomic mass is 10.1. The second-order valence-electron chi connectivity index (χ2n) is 2.69. The van der Waals surface area contributed by atoms with Crippen LogP contribution in [-0.2, 0) is 0 Å². The molecule has 0 unspecified atom stereocenters. The third-order valence-electron chi connectivity index (χ3n) is 1.83. The molecule has 13 heavy (non-hydrogen) atoms. The van der Waals surface area contributed by atoms with Crippen LogP contribution in [-0.4, -0.2) is 18.8 Å². The molecule has 0 heterocycles. The molecule has 0 atom stereocenters. The molecule has 0 aromatic heterocycles. The third kappa shape index (κ3) is 2.00. The maximum atomic E-state index is 9.46. The smallest absolute Gasteiger partial charge is 0.123 e. The van der Waals surface area contributed by atoms with Crippen LogP contribution in [0.25, 0.3) is 5.57 Å². The Morgan fingerprint density at radius 2 is 2.31 bits per heavy atom. The van der Waals surface area contributed by atoms with Crippen molar-refractivity contribution < 1.29 is 9.84 Å². The first-order valence-corrected chi connectivity index (χ1v) is 3.94. The van der Waals surface area contributed by atoms with Gasteiger partial charge in [-0.25, -0.2) is 0 Å². The standard InChI is InChI=1S/C10H13NO2/c1-7(6-11)9-5-8(13-2)3-4-10(9)12/h3-5,12H,1,6,11H2,2H3. The molecule has 0 amide bonds. The zero-order valence-electron chi connectivity index (χ0n) is 7.58. The molecule has 70 valence electrons. The van der Waals surface area contributed by atoms with Gasteiger partial charge in [0.1, 0.15) is 11.5 Å². The van der Waals surface area contributed by atoms with Crippen LogP contribution < -0.4 is 10.5 Å². The number of aromatic hydroxyl groups is 1. The van der Waals surface area contributed by atoms with Crippen molar-refractivity contribution in [3.63, 3.8) is 0 Å². The summed E-state index contributed by atoms with van der Waals surface area (Å²) in [5.41, 5.74) is 6.74. The average molecular weight is 179 g/mol. The SMILES string of the molecule is C=C(CN)c1cc(OC)ccc1O. The van der Waals surface area contributed by atoms with Crippen LogP contribution in [0.15, 0.2) is 24.8 Å². The number of benzene rings is 1. The molecule has 1 rings (SSSR count). The zero-order valence-corrected chi connectivity index (χ0v) is 7.58. The minimum Gasteiger partial charge on any atom is -0.507 e. The van der Waals surface area contributed by atoms with Gasteiger partial charge in [-0.15, -0.1) is 0 Å². The lowest BCUT2D eigenvalue weighted by molar-refractivity contribution is 0.412. The fourth-order valence-corrected chi connectivity index (χ4v) is 1.04. The summed E-state index contributed by atoms with van der Waals surface area (Å²) in [7, 11) is 1.57. The molecule has 1 aromatic rings. The molecule has 0 radical (unpaired) electrons. The molecule has 0 fully saturated rings. The van der Waals surface area contributed by atoms with Crippen molar-refractivity contribution in [2.75, 3.05) is 13.7 Å². The number of methoxy groups -OCH3 is 1. The minimum atomic E-state index is 0.177. The highest BCUT2D eigenvalue weighted by Gasteiger charge is 2.05. The second kappa shape index (κ2) is 3.96. The van der Waals surface area contributed by atoms with Gasteiger partial charge in [-0.1, -0.05) is 6.58 Å². The summed E-state index contributed by atoms with van der Waals surface area (Å²) in [5, 5.41) is 9.46. The normalized spacial score (nSPS) is 9.69. The van der Waals surface area contributed by atoms with Gasteiger partial charge in [0, 0.05) is 12.1 Å². The average Bonchev–Trinajstić information content (AvgIpc) is 2.17. The lowest BCUT2D eigenvalue weighted by Crippen LogP contribution is -2.01. The van der Waals surface area contributed by atoms with Crippen molar-refractivity contribution in [3.8, 4) is 11.5 Å². The third-order valence-corrected chi connectivity index (χ3v) is 1.83. The first-order chi connectivity index (χ1) is 6.19. The number of nitrogens with two attached hydrogens (primary N) is 1. The molecule has 0 aliphatic rings.